The molecular weight excluding hydrogens is 502 g/mol. The van der Waals surface area contributed by atoms with Crippen LogP contribution in [0.5, 0.6) is 0 Å². The fraction of sp³-hybridized carbons (Fsp3) is 0.462. The van der Waals surface area contributed by atoms with Gasteiger partial charge >= 0.3 is 12.4 Å². The van der Waals surface area contributed by atoms with Gasteiger partial charge in [0.1, 0.15) is 11.2 Å². The van der Waals surface area contributed by atoms with Crippen molar-refractivity contribution in [2.45, 2.75) is 63.1 Å². The zero-order valence-electron chi connectivity index (χ0n) is 20.4. The highest BCUT2D eigenvalue weighted by Crippen LogP contribution is 2.44. The molecule has 0 bridgehead atoms. The number of alkyl halides is 6. The number of amides is 2. The number of benzene rings is 2. The molecule has 5 nitrogen and oxygen atoms in total. The maximum Gasteiger partial charge on any atom is 0.416 e. The fourth-order valence-electron chi connectivity index (χ4n) is 4.28. The number of hydrogen-bond acceptors (Lipinski definition) is 3. The molecule has 37 heavy (non-hydrogen) atoms. The molecule has 1 heterocycles. The Bertz CT molecular complexity index is 1090. The number of carbonyl (C=O) groups is 2. The average Bonchev–Trinajstić information content (AvgIpc) is 3.21. The molecule has 3 rings (SSSR count). The van der Waals surface area contributed by atoms with Crippen molar-refractivity contribution in [3.8, 4) is 0 Å². The molecule has 0 unspecified atom stereocenters. The van der Waals surface area contributed by atoms with Crippen molar-refractivity contribution in [3.05, 3.63) is 70.8 Å². The van der Waals surface area contributed by atoms with E-state index >= 15 is 0 Å². The third-order valence-corrected chi connectivity index (χ3v) is 6.41. The van der Waals surface area contributed by atoms with Crippen molar-refractivity contribution in [1.82, 2.24) is 10.6 Å². The van der Waals surface area contributed by atoms with E-state index in [1.807, 2.05) is 6.92 Å². The number of rotatable bonds is 8. The Morgan fingerprint density at radius 1 is 0.919 bits per heavy atom. The lowest BCUT2D eigenvalue weighted by molar-refractivity contribution is -0.153. The zero-order valence-corrected chi connectivity index (χ0v) is 20.4. The van der Waals surface area contributed by atoms with Gasteiger partial charge in [-0.2, -0.15) is 26.3 Å². The molecular formula is C26H28F6N2O3. The first kappa shape index (κ1) is 28.5. The second-order valence-corrected chi connectivity index (χ2v) is 9.28. The minimum absolute atomic E-state index is 0.0368. The van der Waals surface area contributed by atoms with E-state index in [4.69, 9.17) is 4.74 Å². The molecule has 11 heteroatoms. The van der Waals surface area contributed by atoms with Gasteiger partial charge < -0.3 is 15.4 Å². The lowest BCUT2D eigenvalue weighted by Crippen LogP contribution is -2.48. The van der Waals surface area contributed by atoms with Crippen LogP contribution in [0.3, 0.4) is 0 Å². The van der Waals surface area contributed by atoms with Crippen LogP contribution in [0.15, 0.2) is 48.5 Å². The van der Waals surface area contributed by atoms with E-state index in [1.165, 1.54) is 0 Å². The number of carbonyl (C=O) groups excluding carboxylic acids is 2. The van der Waals surface area contributed by atoms with Crippen LogP contribution in [-0.2, 0) is 27.5 Å². The summed E-state index contributed by atoms with van der Waals surface area (Å²) in [5.74, 6) is -1.46. The Hall–Kier alpha value is -3.08. The minimum Gasteiger partial charge on any atom is -0.354 e. The van der Waals surface area contributed by atoms with Crippen LogP contribution in [-0.4, -0.2) is 30.5 Å². The van der Waals surface area contributed by atoms with E-state index in [-0.39, 0.29) is 31.4 Å². The second-order valence-electron chi connectivity index (χ2n) is 9.28. The Kier molecular flexibility index (Phi) is 8.26. The van der Waals surface area contributed by atoms with Gasteiger partial charge in [-0.1, -0.05) is 43.7 Å². The summed E-state index contributed by atoms with van der Waals surface area (Å²) >= 11 is 0. The summed E-state index contributed by atoms with van der Waals surface area (Å²) in [4.78, 5) is 25.7. The van der Waals surface area contributed by atoms with Crippen LogP contribution < -0.4 is 10.6 Å². The maximum atomic E-state index is 13.2. The summed E-state index contributed by atoms with van der Waals surface area (Å²) in [7, 11) is 0. The largest absolute Gasteiger partial charge is 0.416 e. The van der Waals surface area contributed by atoms with Gasteiger partial charge in [-0.15, -0.1) is 0 Å². The van der Waals surface area contributed by atoms with Gasteiger partial charge in [-0.25, -0.2) is 0 Å². The molecule has 1 aliphatic heterocycles. The molecule has 0 saturated carbocycles. The van der Waals surface area contributed by atoms with Crippen molar-refractivity contribution in [1.29, 1.82) is 0 Å². The van der Waals surface area contributed by atoms with Crippen LogP contribution in [0, 0.1) is 0 Å². The van der Waals surface area contributed by atoms with Crippen molar-refractivity contribution < 1.29 is 40.7 Å². The lowest BCUT2D eigenvalue weighted by atomic mass is 9.89. The molecule has 0 aliphatic carbocycles. The Balaban J connectivity index is 1.88. The van der Waals surface area contributed by atoms with E-state index < -0.39 is 46.2 Å². The third-order valence-electron chi connectivity index (χ3n) is 6.41. The molecule has 2 aromatic rings. The Labute approximate surface area is 210 Å². The van der Waals surface area contributed by atoms with E-state index in [1.54, 1.807) is 37.3 Å². The maximum absolute atomic E-state index is 13.2. The number of hydrogen-bond donors (Lipinski definition) is 2. The first-order valence-corrected chi connectivity index (χ1v) is 11.8. The summed E-state index contributed by atoms with van der Waals surface area (Å²) < 4.78 is 85.6. The number of halogens is 6. The normalized spacial score (nSPS) is 22.1. The second kappa shape index (κ2) is 10.7. The molecule has 1 fully saturated rings. The van der Waals surface area contributed by atoms with Gasteiger partial charge in [-0.3, -0.25) is 9.59 Å². The monoisotopic (exact) mass is 530 g/mol. The first-order valence-electron chi connectivity index (χ1n) is 11.8. The average molecular weight is 531 g/mol. The van der Waals surface area contributed by atoms with Crippen molar-refractivity contribution >= 4 is 11.8 Å². The summed E-state index contributed by atoms with van der Waals surface area (Å²) in [6, 6.07) is 9.36. The van der Waals surface area contributed by atoms with Gasteiger partial charge in [0, 0.05) is 12.1 Å². The number of unbranched alkanes of at least 4 members (excludes halogenated alkanes) is 1. The Morgan fingerprint density at radius 3 is 2.05 bits per heavy atom. The summed E-state index contributed by atoms with van der Waals surface area (Å²) in [5.41, 5.74) is -5.81. The molecule has 0 aromatic heterocycles. The molecule has 0 radical (unpaired) electrons. The van der Waals surface area contributed by atoms with Crippen LogP contribution in [0.25, 0.3) is 0 Å². The SMILES string of the molecule is CCCCNC(=O)[C@]1(C)CC[C@@](CNC(=O)c2cc(C(F)(F)F)cc(C(F)(F)F)c2)(c2ccccc2)O1. The van der Waals surface area contributed by atoms with Crippen LogP contribution >= 0.6 is 0 Å². The van der Waals surface area contributed by atoms with E-state index in [9.17, 15) is 35.9 Å². The van der Waals surface area contributed by atoms with Crippen LogP contribution in [0.1, 0.15) is 66.6 Å². The van der Waals surface area contributed by atoms with Gasteiger partial charge in [-0.05, 0) is 49.9 Å². The summed E-state index contributed by atoms with van der Waals surface area (Å²) in [6.07, 6.45) is -7.93. The highest BCUT2D eigenvalue weighted by molar-refractivity contribution is 5.94. The molecule has 1 aliphatic rings. The smallest absolute Gasteiger partial charge is 0.354 e. The topological polar surface area (TPSA) is 67.4 Å². The van der Waals surface area contributed by atoms with E-state index in [0.29, 0.717) is 24.2 Å². The van der Waals surface area contributed by atoms with Crippen molar-refractivity contribution in [2.24, 2.45) is 0 Å². The zero-order chi connectivity index (χ0) is 27.5. The third kappa shape index (κ3) is 6.63. The van der Waals surface area contributed by atoms with Crippen LogP contribution in [0.4, 0.5) is 26.3 Å². The van der Waals surface area contributed by atoms with Gasteiger partial charge in [0.15, 0.2) is 0 Å². The molecule has 2 amide bonds. The van der Waals surface area contributed by atoms with Crippen molar-refractivity contribution in [3.63, 3.8) is 0 Å². The summed E-state index contributed by atoms with van der Waals surface area (Å²) in [5, 5.41) is 5.26. The van der Waals surface area contributed by atoms with E-state index in [0.717, 1.165) is 12.8 Å². The molecule has 2 N–H and O–H groups in total. The predicted octanol–water partition coefficient (Wildman–Crippen LogP) is 5.83. The molecule has 202 valence electrons. The van der Waals surface area contributed by atoms with Gasteiger partial charge in [0.05, 0.1) is 17.7 Å². The van der Waals surface area contributed by atoms with Gasteiger partial charge in [0.25, 0.3) is 11.8 Å². The molecule has 2 atom stereocenters. The minimum atomic E-state index is -5.08. The van der Waals surface area contributed by atoms with E-state index in [2.05, 4.69) is 10.6 Å². The highest BCUT2D eigenvalue weighted by Gasteiger charge is 2.51. The molecule has 1 saturated heterocycles. The Morgan fingerprint density at radius 2 is 1.51 bits per heavy atom. The van der Waals surface area contributed by atoms with Crippen LogP contribution in [0.2, 0.25) is 0 Å². The highest BCUT2D eigenvalue weighted by atomic mass is 19.4. The molecule has 2 aromatic carbocycles. The quantitative estimate of drug-likeness (QED) is 0.333. The first-order chi connectivity index (χ1) is 17.2. The van der Waals surface area contributed by atoms with Crippen molar-refractivity contribution in [2.75, 3.05) is 13.1 Å². The lowest BCUT2D eigenvalue weighted by Gasteiger charge is -2.33. The van der Waals surface area contributed by atoms with Gasteiger partial charge in [0.2, 0.25) is 0 Å². The standard InChI is InChI=1S/C26H28F6N2O3/c1-3-4-12-33-22(36)23(2)10-11-24(37-23,18-8-6-5-7-9-18)16-34-21(35)17-13-19(25(27,28)29)15-20(14-17)26(30,31)32/h5-9,13-15H,3-4,10-12,16H2,1-2H3,(H,33,36)(H,34,35)/t23-,24+/m0/s1. The predicted molar refractivity (Wildman–Crippen MR) is 124 cm³/mol. The number of nitrogens with one attached hydrogen (secondary N) is 2. The molecule has 0 spiro atoms. The number of ether oxygens (including phenoxy) is 1. The summed E-state index contributed by atoms with van der Waals surface area (Å²) in [6.45, 7) is 3.78. The fourth-order valence-corrected chi connectivity index (χ4v) is 4.28.